The summed E-state index contributed by atoms with van der Waals surface area (Å²) in [6.45, 7) is 0. The van der Waals surface area contributed by atoms with E-state index in [1.165, 1.54) is 23.1 Å². The van der Waals surface area contributed by atoms with Crippen LogP contribution in [-0.4, -0.2) is 25.2 Å². The van der Waals surface area contributed by atoms with Gasteiger partial charge in [-0.2, -0.15) is 9.81 Å². The molecular weight excluding hydrogens is 369 g/mol. The smallest absolute Gasteiger partial charge is 0.223 e. The average molecular weight is 378 g/mol. The fourth-order valence-corrected chi connectivity index (χ4v) is 2.14. The zero-order valence-corrected chi connectivity index (χ0v) is 13.3. The van der Waals surface area contributed by atoms with Crippen molar-refractivity contribution in [1.29, 1.82) is 0 Å². The second-order valence-electron chi connectivity index (χ2n) is 4.50. The molecule has 0 aliphatic carbocycles. The van der Waals surface area contributed by atoms with Gasteiger partial charge in [-0.05, 0) is 45.4 Å². The number of benzene rings is 1. The lowest BCUT2D eigenvalue weighted by Gasteiger charge is -2.15. The normalized spacial score (nSPS) is 10.6. The van der Waals surface area contributed by atoms with Crippen molar-refractivity contribution >= 4 is 27.3 Å². The van der Waals surface area contributed by atoms with E-state index >= 15 is 0 Å². The van der Waals surface area contributed by atoms with E-state index in [1.807, 2.05) is 0 Å². The Morgan fingerprint density at radius 2 is 2.04 bits per heavy atom. The van der Waals surface area contributed by atoms with Crippen molar-refractivity contribution in [3.63, 3.8) is 0 Å². The first-order chi connectivity index (χ1) is 11.1. The highest BCUT2D eigenvalue weighted by Crippen LogP contribution is 2.29. The van der Waals surface area contributed by atoms with E-state index in [0.717, 1.165) is 5.01 Å². The van der Waals surface area contributed by atoms with Crippen molar-refractivity contribution in [3.05, 3.63) is 51.7 Å². The number of nitrogens with zero attached hydrogens (tertiary/aromatic N) is 7. The fraction of sp³-hybridized carbons (Fsp3) is 0.0769. The highest BCUT2D eigenvalue weighted by molar-refractivity contribution is 9.10. The Morgan fingerprint density at radius 1 is 1.26 bits per heavy atom. The van der Waals surface area contributed by atoms with E-state index in [0.29, 0.717) is 21.7 Å². The van der Waals surface area contributed by atoms with E-state index in [1.54, 1.807) is 25.2 Å². The van der Waals surface area contributed by atoms with Crippen molar-refractivity contribution in [2.45, 2.75) is 0 Å². The fourth-order valence-electron chi connectivity index (χ4n) is 1.89. The minimum Gasteiger partial charge on any atom is -0.251 e. The number of anilines is 2. The summed E-state index contributed by atoms with van der Waals surface area (Å²) < 4.78 is 13.9. The van der Waals surface area contributed by atoms with Crippen LogP contribution >= 0.6 is 15.9 Å². The zero-order chi connectivity index (χ0) is 16.4. The van der Waals surface area contributed by atoms with Crippen molar-refractivity contribution in [2.24, 2.45) is 12.3 Å². The lowest BCUT2D eigenvalue weighted by Crippen LogP contribution is -2.08. The molecule has 0 bridgehead atoms. The first kappa shape index (κ1) is 15.2. The molecule has 0 spiro atoms. The number of hydrogen-bond donors (Lipinski definition) is 0. The maximum absolute atomic E-state index is 13.6. The van der Waals surface area contributed by atoms with Crippen LogP contribution in [0, 0.1) is 10.7 Å². The van der Waals surface area contributed by atoms with E-state index in [-0.39, 0.29) is 5.69 Å². The van der Waals surface area contributed by atoms with Crippen molar-refractivity contribution < 1.29 is 4.39 Å². The molecule has 0 saturated carbocycles. The van der Waals surface area contributed by atoms with Gasteiger partial charge in [-0.3, -0.25) is 4.98 Å². The average Bonchev–Trinajstić information content (AvgIpc) is 2.99. The Hall–Kier alpha value is -2.75. The van der Waals surface area contributed by atoms with Crippen molar-refractivity contribution in [2.75, 3.05) is 5.01 Å². The standard InChI is InChI=1S/C13H9BrFN7O/c1-21-18-13(17-19-21)12-5-3-9(7-16-12)22(20-23)8-2-4-10(14)11(15)6-8/h2-7H,1H3. The molecule has 0 unspecified atom stereocenters. The summed E-state index contributed by atoms with van der Waals surface area (Å²) in [5, 5.41) is 15.6. The number of aryl methyl sites for hydroxylation is 1. The molecule has 0 atom stereocenters. The molecule has 2 heterocycles. The van der Waals surface area contributed by atoms with Crippen LogP contribution in [0.1, 0.15) is 0 Å². The molecule has 0 radical (unpaired) electrons. The molecule has 3 aromatic rings. The maximum atomic E-state index is 13.6. The second kappa shape index (κ2) is 6.16. The minimum atomic E-state index is -0.496. The molecule has 1 aromatic carbocycles. The molecule has 0 aliphatic rings. The molecule has 0 amide bonds. The van der Waals surface area contributed by atoms with Gasteiger partial charge in [0.25, 0.3) is 0 Å². The predicted octanol–water partition coefficient (Wildman–Crippen LogP) is 2.99. The van der Waals surface area contributed by atoms with E-state index in [4.69, 9.17) is 0 Å². The molecule has 23 heavy (non-hydrogen) atoms. The van der Waals surface area contributed by atoms with Crippen LogP contribution in [-0.2, 0) is 7.05 Å². The first-order valence-electron chi connectivity index (χ1n) is 6.37. The van der Waals surface area contributed by atoms with Crippen LogP contribution in [0.25, 0.3) is 11.5 Å². The number of aromatic nitrogens is 5. The minimum absolute atomic E-state index is 0.285. The quantitative estimate of drug-likeness (QED) is 0.512. The number of pyridine rings is 1. The second-order valence-corrected chi connectivity index (χ2v) is 5.35. The van der Waals surface area contributed by atoms with Gasteiger partial charge in [-0.15, -0.1) is 15.1 Å². The summed E-state index contributed by atoms with van der Waals surface area (Å²) in [6.07, 6.45) is 1.42. The Morgan fingerprint density at radius 3 is 2.61 bits per heavy atom. The lowest BCUT2D eigenvalue weighted by atomic mass is 10.2. The van der Waals surface area contributed by atoms with Gasteiger partial charge in [-0.1, -0.05) is 0 Å². The molecule has 10 heteroatoms. The highest BCUT2D eigenvalue weighted by Gasteiger charge is 2.14. The summed E-state index contributed by atoms with van der Waals surface area (Å²) >= 11 is 3.06. The largest absolute Gasteiger partial charge is 0.251 e. The third-order valence-corrected chi connectivity index (χ3v) is 3.60. The van der Waals surface area contributed by atoms with Gasteiger partial charge >= 0.3 is 0 Å². The predicted molar refractivity (Wildman–Crippen MR) is 84.1 cm³/mol. The lowest BCUT2D eigenvalue weighted by molar-refractivity contribution is 0.621. The number of nitroso groups, excluding NO2 is 1. The summed E-state index contributed by atoms with van der Waals surface area (Å²) in [6, 6.07) is 7.49. The number of halogens is 2. The SMILES string of the molecule is Cn1nnc(-c2ccc(N(N=O)c3ccc(Br)c(F)c3)cn2)n1. The van der Waals surface area contributed by atoms with E-state index < -0.39 is 5.82 Å². The number of rotatable bonds is 4. The van der Waals surface area contributed by atoms with Crippen LogP contribution in [0.15, 0.2) is 46.3 Å². The van der Waals surface area contributed by atoms with Gasteiger partial charge < -0.3 is 0 Å². The molecule has 8 nitrogen and oxygen atoms in total. The van der Waals surface area contributed by atoms with Crippen molar-refractivity contribution in [3.8, 4) is 11.5 Å². The van der Waals surface area contributed by atoms with Crippen LogP contribution in [0.2, 0.25) is 0 Å². The van der Waals surface area contributed by atoms with Gasteiger partial charge in [0.05, 0.1) is 34.4 Å². The molecule has 0 saturated heterocycles. The van der Waals surface area contributed by atoms with Crippen LogP contribution < -0.4 is 5.01 Å². The van der Waals surface area contributed by atoms with Gasteiger partial charge in [0.2, 0.25) is 5.82 Å². The van der Waals surface area contributed by atoms with Crippen LogP contribution in [0.3, 0.4) is 0 Å². The van der Waals surface area contributed by atoms with Crippen molar-refractivity contribution in [1.82, 2.24) is 25.2 Å². The third kappa shape index (κ3) is 3.06. The third-order valence-electron chi connectivity index (χ3n) is 2.96. The monoisotopic (exact) mass is 377 g/mol. The zero-order valence-electron chi connectivity index (χ0n) is 11.8. The van der Waals surface area contributed by atoms with Crippen LogP contribution in [0.5, 0.6) is 0 Å². The molecule has 0 N–H and O–H groups in total. The summed E-state index contributed by atoms with van der Waals surface area (Å²) in [4.78, 5) is 16.6. The Balaban J connectivity index is 1.92. The van der Waals surface area contributed by atoms with E-state index in [9.17, 15) is 9.30 Å². The summed E-state index contributed by atoms with van der Waals surface area (Å²) in [5.74, 6) is -0.135. The molecule has 116 valence electrons. The summed E-state index contributed by atoms with van der Waals surface area (Å²) in [7, 11) is 1.64. The molecule has 3 rings (SSSR count). The Kier molecular flexibility index (Phi) is 4.06. The maximum Gasteiger partial charge on any atom is 0.223 e. The first-order valence-corrected chi connectivity index (χ1v) is 7.16. The Bertz CT molecular complexity index is 852. The van der Waals surface area contributed by atoms with Gasteiger partial charge in [0.15, 0.2) is 0 Å². The Labute approximate surface area is 138 Å². The number of tetrazole rings is 1. The van der Waals surface area contributed by atoms with Gasteiger partial charge in [0.1, 0.15) is 11.5 Å². The molecule has 0 fully saturated rings. The molecule has 2 aromatic heterocycles. The van der Waals surface area contributed by atoms with Gasteiger partial charge in [0, 0.05) is 6.07 Å². The van der Waals surface area contributed by atoms with E-state index in [2.05, 4.69) is 41.6 Å². The molecular formula is C13H9BrFN7O. The molecule has 0 aliphatic heterocycles. The van der Waals surface area contributed by atoms with Gasteiger partial charge in [-0.25, -0.2) is 4.39 Å². The number of hydrogen-bond acceptors (Lipinski definition) is 6. The highest BCUT2D eigenvalue weighted by atomic mass is 79.9. The van der Waals surface area contributed by atoms with Crippen LogP contribution in [0.4, 0.5) is 15.8 Å². The summed E-state index contributed by atoms with van der Waals surface area (Å²) in [5.41, 5.74) is 1.16. The topological polar surface area (TPSA) is 89.2 Å².